The van der Waals surface area contributed by atoms with Crippen molar-refractivity contribution in [2.24, 2.45) is 45.3 Å². The molecule has 15 atom stereocenters. The third kappa shape index (κ3) is 5.49. The van der Waals surface area contributed by atoms with Crippen LogP contribution in [0, 0.1) is 45.3 Å². The second kappa shape index (κ2) is 12.9. The number of hydrogen-bond donors (Lipinski definition) is 5. The average molecular weight is 649 g/mol. The van der Waals surface area contributed by atoms with Crippen LogP contribution in [0.5, 0.6) is 0 Å². The highest BCUT2D eigenvalue weighted by Crippen LogP contribution is 2.75. The number of aliphatic hydroxyl groups excluding tert-OH is 5. The van der Waals surface area contributed by atoms with E-state index in [0.29, 0.717) is 31.1 Å². The lowest BCUT2D eigenvalue weighted by Gasteiger charge is -2.66. The van der Waals surface area contributed by atoms with Crippen LogP contribution in [-0.2, 0) is 19.0 Å². The number of carbonyl (C=O) groups is 1. The lowest BCUT2D eigenvalue weighted by atomic mass is 9.38. The van der Waals surface area contributed by atoms with E-state index in [0.717, 1.165) is 31.3 Å². The minimum Gasteiger partial charge on any atom is -0.394 e. The van der Waals surface area contributed by atoms with Gasteiger partial charge in [-0.2, -0.15) is 0 Å². The largest absolute Gasteiger partial charge is 0.394 e. The van der Waals surface area contributed by atoms with Crippen LogP contribution < -0.4 is 0 Å². The first kappa shape index (κ1) is 36.1. The Morgan fingerprint density at radius 3 is 2.30 bits per heavy atom. The molecule has 1 saturated heterocycles. The number of allylic oxidation sites excluding steroid dienone is 1. The Kier molecular flexibility index (Phi) is 10.2. The molecule has 0 spiro atoms. The van der Waals surface area contributed by atoms with E-state index < -0.39 is 60.4 Å². The summed E-state index contributed by atoms with van der Waals surface area (Å²) in [5.74, 6) is 0.473. The number of carbonyl (C=O) groups excluding carboxylic acids is 1. The van der Waals surface area contributed by atoms with Gasteiger partial charge < -0.3 is 44.5 Å². The Morgan fingerprint density at radius 2 is 1.70 bits per heavy atom. The van der Waals surface area contributed by atoms with Crippen LogP contribution in [0.2, 0.25) is 0 Å². The van der Waals surface area contributed by atoms with E-state index in [4.69, 9.17) is 14.2 Å². The van der Waals surface area contributed by atoms with Gasteiger partial charge in [-0.05, 0) is 87.4 Å². The van der Waals surface area contributed by atoms with E-state index in [1.165, 1.54) is 11.9 Å². The van der Waals surface area contributed by atoms with Crippen molar-refractivity contribution in [3.63, 3.8) is 0 Å². The van der Waals surface area contributed by atoms with Crippen molar-refractivity contribution < 1.29 is 44.5 Å². The summed E-state index contributed by atoms with van der Waals surface area (Å²) in [6.45, 7) is 14.8. The van der Waals surface area contributed by atoms with E-state index in [1.807, 2.05) is 13.8 Å². The second-order valence-corrected chi connectivity index (χ2v) is 16.7. The number of aldehydes is 1. The molecule has 4 fully saturated rings. The fraction of sp³-hybridized carbons (Fsp3) is 0.865. The molecule has 3 saturated carbocycles. The third-order valence-electron chi connectivity index (χ3n) is 13.9. The van der Waals surface area contributed by atoms with Crippen molar-refractivity contribution in [3.05, 3.63) is 23.3 Å². The van der Waals surface area contributed by atoms with Crippen molar-refractivity contribution in [3.8, 4) is 0 Å². The Balaban J connectivity index is 1.59. The maximum atomic E-state index is 13.7. The van der Waals surface area contributed by atoms with Crippen molar-refractivity contribution in [2.75, 3.05) is 13.7 Å². The summed E-state index contributed by atoms with van der Waals surface area (Å²) in [6.07, 6.45) is 2.98. The van der Waals surface area contributed by atoms with Gasteiger partial charge in [0.05, 0.1) is 24.9 Å². The minimum absolute atomic E-state index is 0.0338. The van der Waals surface area contributed by atoms with Gasteiger partial charge in [-0.1, -0.05) is 57.9 Å². The quantitative estimate of drug-likeness (QED) is 0.185. The van der Waals surface area contributed by atoms with Gasteiger partial charge >= 0.3 is 0 Å². The third-order valence-corrected chi connectivity index (χ3v) is 13.9. The van der Waals surface area contributed by atoms with E-state index in [-0.39, 0.29) is 28.8 Å². The standard InChI is InChI=1S/C37H60O9/c1-20(2)15-22(44-8)16-21(3)23-11-12-36(7)32-26(45-33-31(43)30(42)29(41)27(18-38)46-33)17-25-24(9-10-28(40)34(25,4)5)37(32,19-39)14-13-35(23,36)6/h15,17,19,21-24,26-33,38,40-43H,9-14,16,18H2,1-8H3/t21-,22?,23-,24-,26+,27-,28+,29-,30+,31-,32+,33-,35-,36+,37-/m1/s1. The first-order chi connectivity index (χ1) is 21.5. The maximum Gasteiger partial charge on any atom is 0.187 e. The van der Waals surface area contributed by atoms with Gasteiger partial charge in [-0.3, -0.25) is 0 Å². The van der Waals surface area contributed by atoms with Gasteiger partial charge in [-0.15, -0.1) is 0 Å². The number of fused-ring (bicyclic) bond motifs is 5. The summed E-state index contributed by atoms with van der Waals surface area (Å²) in [4.78, 5) is 13.7. The van der Waals surface area contributed by atoms with Crippen molar-refractivity contribution in [2.45, 2.75) is 142 Å². The van der Waals surface area contributed by atoms with Crippen LogP contribution in [0.1, 0.15) is 93.4 Å². The van der Waals surface area contributed by atoms with E-state index in [9.17, 15) is 30.3 Å². The fourth-order valence-corrected chi connectivity index (χ4v) is 11.1. The molecular weight excluding hydrogens is 588 g/mol. The molecule has 0 amide bonds. The van der Waals surface area contributed by atoms with Crippen molar-refractivity contribution in [1.82, 2.24) is 0 Å². The molecule has 4 aliphatic carbocycles. The predicted octanol–water partition coefficient (Wildman–Crippen LogP) is 3.93. The zero-order chi connectivity index (χ0) is 34.0. The zero-order valence-electron chi connectivity index (χ0n) is 29.2. The molecule has 0 aromatic carbocycles. The zero-order valence-corrected chi connectivity index (χ0v) is 29.2. The molecule has 0 aromatic rings. The Labute approximate surface area is 275 Å². The molecule has 5 rings (SSSR count). The molecule has 5 N–H and O–H groups in total. The monoisotopic (exact) mass is 648 g/mol. The van der Waals surface area contributed by atoms with Crippen LogP contribution in [0.25, 0.3) is 0 Å². The van der Waals surface area contributed by atoms with Gasteiger partial charge in [0.2, 0.25) is 0 Å². The number of aliphatic hydroxyl groups is 5. The molecule has 1 heterocycles. The van der Waals surface area contributed by atoms with Gasteiger partial charge in [0.15, 0.2) is 6.29 Å². The normalized spacial score (nSPS) is 47.9. The Morgan fingerprint density at radius 1 is 1.00 bits per heavy atom. The SMILES string of the molecule is COC(C=C(C)C)C[C@@H](C)[C@H]1CC[C@@]2(C)[C@@H]3[C@@H](O[C@@H]4O[C@H](CO)[C@@H](O)[C@H](O)[C@H]4O)C=C4[C@@H](CC[C@H](O)C4(C)C)[C@]3(C=O)CC[C@]12C. The van der Waals surface area contributed by atoms with E-state index in [1.54, 1.807) is 7.11 Å². The second-order valence-electron chi connectivity index (χ2n) is 16.7. The average Bonchev–Trinajstić information content (AvgIpc) is 3.29. The van der Waals surface area contributed by atoms with Crippen LogP contribution in [0.4, 0.5) is 0 Å². The first-order valence-electron chi connectivity index (χ1n) is 17.5. The lowest BCUT2D eigenvalue weighted by molar-refractivity contribution is -0.321. The molecule has 9 nitrogen and oxygen atoms in total. The summed E-state index contributed by atoms with van der Waals surface area (Å²) < 4.78 is 18.5. The van der Waals surface area contributed by atoms with Crippen LogP contribution >= 0.6 is 0 Å². The molecule has 0 bridgehead atoms. The highest BCUT2D eigenvalue weighted by atomic mass is 16.7. The predicted molar refractivity (Wildman–Crippen MR) is 173 cm³/mol. The van der Waals surface area contributed by atoms with E-state index >= 15 is 0 Å². The molecule has 0 aromatic heterocycles. The topological polar surface area (TPSA) is 146 Å². The molecule has 1 unspecified atom stereocenters. The summed E-state index contributed by atoms with van der Waals surface area (Å²) in [5.41, 5.74) is 0.473. The summed E-state index contributed by atoms with van der Waals surface area (Å²) in [6, 6.07) is 0. The molecule has 0 radical (unpaired) electrons. The van der Waals surface area contributed by atoms with Gasteiger partial charge in [0, 0.05) is 23.9 Å². The summed E-state index contributed by atoms with van der Waals surface area (Å²) in [5, 5.41) is 53.2. The number of hydrogen-bond acceptors (Lipinski definition) is 9. The number of ether oxygens (including phenoxy) is 3. The molecule has 5 aliphatic rings. The molecule has 9 heteroatoms. The number of rotatable bonds is 9. The van der Waals surface area contributed by atoms with Gasteiger partial charge in [0.1, 0.15) is 30.7 Å². The fourth-order valence-electron chi connectivity index (χ4n) is 11.1. The molecular formula is C37H60O9. The maximum absolute atomic E-state index is 13.7. The number of methoxy groups -OCH3 is 1. The molecule has 46 heavy (non-hydrogen) atoms. The molecule has 262 valence electrons. The van der Waals surface area contributed by atoms with E-state index in [2.05, 4.69) is 46.8 Å². The smallest absolute Gasteiger partial charge is 0.187 e. The molecule has 1 aliphatic heterocycles. The highest BCUT2D eigenvalue weighted by molar-refractivity contribution is 5.65. The Hall–Kier alpha value is -1.17. The highest BCUT2D eigenvalue weighted by Gasteiger charge is 2.71. The minimum atomic E-state index is -1.57. The Bertz CT molecular complexity index is 1180. The summed E-state index contributed by atoms with van der Waals surface area (Å²) >= 11 is 0. The van der Waals surface area contributed by atoms with Crippen LogP contribution in [0.3, 0.4) is 0 Å². The van der Waals surface area contributed by atoms with Gasteiger partial charge in [-0.25, -0.2) is 0 Å². The van der Waals surface area contributed by atoms with Crippen molar-refractivity contribution >= 4 is 6.29 Å². The van der Waals surface area contributed by atoms with Crippen molar-refractivity contribution in [1.29, 1.82) is 0 Å². The first-order valence-corrected chi connectivity index (χ1v) is 17.5. The van der Waals surface area contributed by atoms with Crippen LogP contribution in [-0.4, -0.2) is 94.6 Å². The van der Waals surface area contributed by atoms with Gasteiger partial charge in [0.25, 0.3) is 0 Å². The lowest BCUT2D eigenvalue weighted by Crippen LogP contribution is -2.66. The van der Waals surface area contributed by atoms with Crippen LogP contribution in [0.15, 0.2) is 23.3 Å². The summed E-state index contributed by atoms with van der Waals surface area (Å²) in [7, 11) is 1.77.